The highest BCUT2D eigenvalue weighted by molar-refractivity contribution is 5.95. The van der Waals surface area contributed by atoms with Crippen molar-refractivity contribution in [2.75, 3.05) is 40.2 Å². The largest absolute Gasteiger partial charge is 0.522 e. The highest BCUT2D eigenvalue weighted by Gasteiger charge is 2.51. The van der Waals surface area contributed by atoms with Crippen LogP contribution in [-0.2, 0) is 19.8 Å². The van der Waals surface area contributed by atoms with Gasteiger partial charge in [-0.1, -0.05) is 30.3 Å². The summed E-state index contributed by atoms with van der Waals surface area (Å²) in [5.74, 6) is 0.000506. The van der Waals surface area contributed by atoms with Gasteiger partial charge in [0.15, 0.2) is 11.5 Å². The number of benzene rings is 2. The monoisotopic (exact) mass is 469 g/mol. The van der Waals surface area contributed by atoms with Crippen LogP contribution in [0.25, 0.3) is 0 Å². The zero-order valence-electron chi connectivity index (χ0n) is 19.8. The van der Waals surface area contributed by atoms with Crippen LogP contribution < -0.4 is 9.47 Å². The first-order valence-corrected chi connectivity index (χ1v) is 10.3. The number of likely N-dealkylation sites (tertiary alicyclic amines) is 1. The quantitative estimate of drug-likeness (QED) is 0.576. The van der Waals surface area contributed by atoms with Gasteiger partial charge in [-0.3, -0.25) is 9.53 Å². The smallest absolute Gasteiger partial charge is 0.493 e. The maximum atomic E-state index is 13.2. The Labute approximate surface area is 191 Å². The summed E-state index contributed by atoms with van der Waals surface area (Å²) in [4.78, 5) is 14.8. The summed E-state index contributed by atoms with van der Waals surface area (Å²) < 4.78 is 77.8. The van der Waals surface area contributed by atoms with Crippen LogP contribution in [0, 0.1) is 0 Å². The molecule has 2 aliphatic heterocycles. The van der Waals surface area contributed by atoms with Crippen molar-refractivity contribution in [2.24, 2.45) is 0 Å². The molecular weight excluding hydrogens is 443 g/mol. The second-order valence-corrected chi connectivity index (χ2v) is 7.56. The van der Waals surface area contributed by atoms with Crippen LogP contribution in [0.15, 0.2) is 48.5 Å². The fourth-order valence-corrected chi connectivity index (χ4v) is 4.01. The van der Waals surface area contributed by atoms with Crippen LogP contribution >= 0.6 is 0 Å². The number of fused-ring (bicyclic) bond motifs is 1. The molecule has 2 heterocycles. The van der Waals surface area contributed by atoms with Crippen molar-refractivity contribution >= 4 is 5.91 Å². The standard InChI is InChI=1S/C23H24F3NO6/c1-29-19-13-16(7-8-18(19)30-11-12-32-23(24,25)26)21(28)27-10-9-22(17-5-3-2-4-6-17)20(14-27)31-15-33-22/h2-8,13,20H,9-12,14-15H2,1H3/i15D2. The normalized spacial score (nSPS) is 25.1. The van der Waals surface area contributed by atoms with Crippen LogP contribution in [0.1, 0.15) is 25.1 Å². The van der Waals surface area contributed by atoms with E-state index in [0.29, 0.717) is 13.0 Å². The molecule has 4 rings (SSSR count). The number of hydrogen-bond acceptors (Lipinski definition) is 6. The van der Waals surface area contributed by atoms with E-state index in [1.165, 1.54) is 25.3 Å². The highest BCUT2D eigenvalue weighted by atomic mass is 19.4. The van der Waals surface area contributed by atoms with Gasteiger partial charge in [-0.25, -0.2) is 0 Å². The van der Waals surface area contributed by atoms with Gasteiger partial charge < -0.3 is 23.8 Å². The minimum Gasteiger partial charge on any atom is -0.493 e. The molecule has 0 aromatic heterocycles. The van der Waals surface area contributed by atoms with Gasteiger partial charge in [0.25, 0.3) is 5.91 Å². The van der Waals surface area contributed by atoms with Crippen molar-refractivity contribution in [3.05, 3.63) is 59.7 Å². The molecule has 10 heteroatoms. The Balaban J connectivity index is 1.46. The first kappa shape index (κ1) is 20.8. The molecule has 0 N–H and O–H groups in total. The van der Waals surface area contributed by atoms with Gasteiger partial charge in [-0.2, -0.15) is 0 Å². The molecular formula is C23H24F3NO6. The van der Waals surface area contributed by atoms with Crippen molar-refractivity contribution in [1.82, 2.24) is 4.90 Å². The number of carbonyl (C=O) groups excluding carboxylic acids is 1. The molecule has 2 aromatic carbocycles. The van der Waals surface area contributed by atoms with Crippen molar-refractivity contribution < 1.29 is 44.4 Å². The predicted octanol–water partition coefficient (Wildman–Crippen LogP) is 3.72. The number of rotatable bonds is 7. The average Bonchev–Trinajstić information content (AvgIpc) is 3.11. The molecule has 2 saturated heterocycles. The van der Waals surface area contributed by atoms with Crippen molar-refractivity contribution in [3.8, 4) is 11.5 Å². The van der Waals surface area contributed by atoms with Gasteiger partial charge in [-0.05, 0) is 23.8 Å². The van der Waals surface area contributed by atoms with Crippen LogP contribution in [0.2, 0.25) is 0 Å². The molecule has 2 unspecified atom stereocenters. The van der Waals surface area contributed by atoms with Crippen LogP contribution in [-0.4, -0.2) is 63.4 Å². The van der Waals surface area contributed by atoms with Crippen molar-refractivity contribution in [1.29, 1.82) is 0 Å². The lowest BCUT2D eigenvalue weighted by atomic mass is 9.82. The molecule has 2 fully saturated rings. The van der Waals surface area contributed by atoms with Crippen LogP contribution in [0.4, 0.5) is 13.2 Å². The zero-order valence-corrected chi connectivity index (χ0v) is 17.8. The lowest BCUT2D eigenvalue weighted by Crippen LogP contribution is -2.53. The molecule has 2 aromatic rings. The number of alkyl halides is 3. The number of nitrogens with zero attached hydrogens (tertiary/aromatic N) is 1. The van der Waals surface area contributed by atoms with E-state index in [9.17, 15) is 18.0 Å². The second-order valence-electron chi connectivity index (χ2n) is 7.56. The molecule has 33 heavy (non-hydrogen) atoms. The molecule has 7 nitrogen and oxygen atoms in total. The Kier molecular flexibility index (Phi) is 6.03. The Morgan fingerprint density at radius 3 is 2.73 bits per heavy atom. The van der Waals surface area contributed by atoms with E-state index in [0.717, 1.165) is 5.56 Å². The predicted molar refractivity (Wildman–Crippen MR) is 110 cm³/mol. The van der Waals surface area contributed by atoms with E-state index >= 15 is 0 Å². The van der Waals surface area contributed by atoms with E-state index in [4.69, 9.17) is 21.7 Å². The maximum absolute atomic E-state index is 13.2. The van der Waals surface area contributed by atoms with Crippen LogP contribution in [0.3, 0.4) is 0 Å². The molecule has 178 valence electrons. The Hall–Kier alpha value is -2.82. The maximum Gasteiger partial charge on any atom is 0.522 e. The fourth-order valence-electron chi connectivity index (χ4n) is 4.01. The van der Waals surface area contributed by atoms with E-state index in [-0.39, 0.29) is 36.1 Å². The molecule has 0 bridgehead atoms. The molecule has 0 aliphatic carbocycles. The van der Waals surface area contributed by atoms with Gasteiger partial charge >= 0.3 is 6.36 Å². The summed E-state index contributed by atoms with van der Waals surface area (Å²) in [6.07, 6.45) is -5.15. The van der Waals surface area contributed by atoms with E-state index in [1.54, 1.807) is 4.90 Å². The molecule has 1 amide bonds. The van der Waals surface area contributed by atoms with Gasteiger partial charge in [0, 0.05) is 18.5 Å². The summed E-state index contributed by atoms with van der Waals surface area (Å²) in [7, 11) is 1.35. The Bertz CT molecular complexity index is 1060. The van der Waals surface area contributed by atoms with Gasteiger partial charge in [0.1, 0.15) is 25.1 Å². The van der Waals surface area contributed by atoms with Crippen molar-refractivity contribution in [2.45, 2.75) is 24.5 Å². The third-order valence-electron chi connectivity index (χ3n) is 5.64. The zero-order chi connectivity index (χ0) is 25.3. The topological polar surface area (TPSA) is 66.5 Å². The average molecular weight is 469 g/mol. The lowest BCUT2D eigenvalue weighted by Gasteiger charge is -2.42. The molecule has 0 radical (unpaired) electrons. The summed E-state index contributed by atoms with van der Waals surface area (Å²) in [6.45, 7) is -2.96. The first-order chi connectivity index (χ1) is 16.5. The summed E-state index contributed by atoms with van der Waals surface area (Å²) in [5.41, 5.74) is 0.0288. The molecule has 2 atom stereocenters. The summed E-state index contributed by atoms with van der Waals surface area (Å²) in [6, 6.07) is 13.6. The molecule has 0 spiro atoms. The van der Waals surface area contributed by atoms with Gasteiger partial charge in [0.2, 0.25) is 0 Å². The third-order valence-corrected chi connectivity index (χ3v) is 5.64. The minimum absolute atomic E-state index is 0.0998. The Morgan fingerprint density at radius 1 is 1.21 bits per heavy atom. The first-order valence-electron chi connectivity index (χ1n) is 11.3. The number of piperidine rings is 1. The van der Waals surface area contributed by atoms with E-state index in [1.807, 2.05) is 30.3 Å². The highest BCUT2D eigenvalue weighted by Crippen LogP contribution is 2.42. The number of carbonyl (C=O) groups is 1. The van der Waals surface area contributed by atoms with Gasteiger partial charge in [0.05, 0.1) is 23.0 Å². The summed E-state index contributed by atoms with van der Waals surface area (Å²) in [5, 5.41) is 0. The third kappa shape index (κ3) is 5.07. The Morgan fingerprint density at radius 2 is 2.00 bits per heavy atom. The van der Waals surface area contributed by atoms with Gasteiger partial charge in [-0.15, -0.1) is 13.2 Å². The van der Waals surface area contributed by atoms with Crippen LogP contribution in [0.5, 0.6) is 11.5 Å². The number of amides is 1. The number of methoxy groups -OCH3 is 1. The number of halogens is 3. The van der Waals surface area contributed by atoms with E-state index < -0.39 is 31.4 Å². The summed E-state index contributed by atoms with van der Waals surface area (Å²) >= 11 is 0. The lowest BCUT2D eigenvalue weighted by molar-refractivity contribution is -0.325. The second kappa shape index (κ2) is 9.58. The minimum atomic E-state index is -4.75. The SMILES string of the molecule is [2H]C1([2H])OC2CN(C(=O)c3ccc(OCCOC(F)(F)F)c(OC)c3)CCC2(c2ccccc2)O1. The number of ether oxygens (including phenoxy) is 5. The molecule has 0 saturated carbocycles. The fraction of sp³-hybridized carbons (Fsp3) is 0.435. The van der Waals surface area contributed by atoms with Crippen molar-refractivity contribution in [3.63, 3.8) is 0 Å². The van der Waals surface area contributed by atoms with E-state index in [2.05, 4.69) is 4.74 Å². The molecule has 2 aliphatic rings. The number of hydrogen-bond donors (Lipinski definition) is 0.